The molecule has 0 spiro atoms. The molecule has 0 radical (unpaired) electrons. The second-order valence-corrected chi connectivity index (χ2v) is 8.86. The molecular weight excluding hydrogens is 306 g/mol. The van der Waals surface area contributed by atoms with Crippen molar-refractivity contribution in [2.45, 2.75) is 63.4 Å². The highest BCUT2D eigenvalue weighted by Crippen LogP contribution is 2.24. The molecule has 0 aromatic carbocycles. The highest BCUT2D eigenvalue weighted by molar-refractivity contribution is 7.89. The summed E-state index contributed by atoms with van der Waals surface area (Å²) >= 11 is 1.51. The third-order valence-corrected chi connectivity index (χ3v) is 6.49. The lowest BCUT2D eigenvalue weighted by atomic mass is 9.98. The van der Waals surface area contributed by atoms with Gasteiger partial charge in [-0.05, 0) is 39.2 Å². The number of nitrogens with one attached hydrogen (secondary N) is 1. The summed E-state index contributed by atoms with van der Waals surface area (Å²) in [6.07, 6.45) is 7.24. The molecule has 0 amide bonds. The van der Waals surface area contributed by atoms with Crippen molar-refractivity contribution in [3.8, 4) is 0 Å². The van der Waals surface area contributed by atoms with E-state index in [1.165, 1.54) is 30.6 Å². The van der Waals surface area contributed by atoms with Gasteiger partial charge in [0.05, 0.1) is 11.0 Å². The summed E-state index contributed by atoms with van der Waals surface area (Å²) < 4.78 is 32.8. The van der Waals surface area contributed by atoms with Gasteiger partial charge in [0.1, 0.15) is 0 Å². The average Bonchev–Trinajstić information content (AvgIpc) is 2.79. The summed E-state index contributed by atoms with van der Waals surface area (Å²) in [5, 5.41) is 0. The van der Waals surface area contributed by atoms with Crippen LogP contribution in [0, 0.1) is 13.8 Å². The largest absolute Gasteiger partial charge is 0.378 e. The van der Waals surface area contributed by atoms with E-state index in [9.17, 15) is 8.42 Å². The van der Waals surface area contributed by atoms with Crippen molar-refractivity contribution in [2.75, 3.05) is 13.2 Å². The predicted octanol–water partition coefficient (Wildman–Crippen LogP) is 3.38. The zero-order chi connectivity index (χ0) is 15.3. The maximum absolute atomic E-state index is 12.2. The maximum Gasteiger partial charge on any atom is 0.241 e. The second-order valence-electron chi connectivity index (χ2n) is 5.66. The van der Waals surface area contributed by atoms with Gasteiger partial charge in [-0.25, -0.2) is 13.1 Å². The molecule has 1 aromatic rings. The summed E-state index contributed by atoms with van der Waals surface area (Å²) in [6.45, 7) is 4.84. The average molecular weight is 332 g/mol. The fraction of sp³-hybridized carbons (Fsp3) is 0.733. The Morgan fingerprint density at radius 1 is 1.29 bits per heavy atom. The van der Waals surface area contributed by atoms with Crippen LogP contribution in [-0.4, -0.2) is 27.7 Å². The first-order valence-electron chi connectivity index (χ1n) is 7.67. The van der Waals surface area contributed by atoms with Crippen LogP contribution >= 0.6 is 11.3 Å². The van der Waals surface area contributed by atoms with E-state index in [1.807, 2.05) is 13.8 Å². The number of rotatable bonds is 7. The third-order valence-electron chi connectivity index (χ3n) is 3.80. The summed E-state index contributed by atoms with van der Waals surface area (Å²) in [7, 11) is -3.37. The molecule has 120 valence electrons. The molecule has 6 heteroatoms. The van der Waals surface area contributed by atoms with Crippen molar-refractivity contribution in [1.82, 2.24) is 4.72 Å². The van der Waals surface area contributed by atoms with Crippen LogP contribution in [0.3, 0.4) is 0 Å². The van der Waals surface area contributed by atoms with Crippen LogP contribution < -0.4 is 4.72 Å². The minimum atomic E-state index is -3.37. The first kappa shape index (κ1) is 16.9. The van der Waals surface area contributed by atoms with Gasteiger partial charge in [-0.1, -0.05) is 19.3 Å². The van der Waals surface area contributed by atoms with Gasteiger partial charge in [0, 0.05) is 22.9 Å². The topological polar surface area (TPSA) is 55.4 Å². The van der Waals surface area contributed by atoms with Crippen LogP contribution in [0.5, 0.6) is 0 Å². The van der Waals surface area contributed by atoms with Crippen LogP contribution in [0.2, 0.25) is 0 Å². The lowest BCUT2D eigenvalue weighted by Gasteiger charge is -2.21. The van der Waals surface area contributed by atoms with Gasteiger partial charge in [0.15, 0.2) is 0 Å². The number of thiophene rings is 1. The minimum Gasteiger partial charge on any atom is -0.378 e. The SMILES string of the molecule is Cc1cc(S(=O)(=O)NCCCOC2CCCCC2)c(C)s1. The number of hydrogen-bond acceptors (Lipinski definition) is 4. The lowest BCUT2D eigenvalue weighted by molar-refractivity contribution is 0.0278. The molecular formula is C15H25NO3S2. The Bertz CT molecular complexity index is 545. The van der Waals surface area contributed by atoms with Gasteiger partial charge in [-0.15, -0.1) is 11.3 Å². The van der Waals surface area contributed by atoms with E-state index in [1.54, 1.807) is 6.07 Å². The molecule has 1 fully saturated rings. The molecule has 0 bridgehead atoms. The van der Waals surface area contributed by atoms with Gasteiger partial charge >= 0.3 is 0 Å². The predicted molar refractivity (Wildman–Crippen MR) is 86.4 cm³/mol. The maximum atomic E-state index is 12.2. The summed E-state index contributed by atoms with van der Waals surface area (Å²) in [6, 6.07) is 1.74. The van der Waals surface area contributed by atoms with E-state index in [4.69, 9.17) is 4.74 Å². The third kappa shape index (κ3) is 5.06. The Kier molecular flexibility index (Phi) is 6.22. The minimum absolute atomic E-state index is 0.386. The molecule has 1 saturated carbocycles. The number of sulfonamides is 1. The van der Waals surface area contributed by atoms with Crippen molar-refractivity contribution < 1.29 is 13.2 Å². The fourth-order valence-electron chi connectivity index (χ4n) is 2.71. The van der Waals surface area contributed by atoms with Crippen molar-refractivity contribution in [3.63, 3.8) is 0 Å². The molecule has 2 rings (SSSR count). The van der Waals surface area contributed by atoms with Crippen molar-refractivity contribution in [2.24, 2.45) is 0 Å². The molecule has 1 N–H and O–H groups in total. The van der Waals surface area contributed by atoms with Gasteiger partial charge in [0.25, 0.3) is 0 Å². The van der Waals surface area contributed by atoms with Crippen molar-refractivity contribution >= 4 is 21.4 Å². The Hall–Kier alpha value is -0.430. The Labute approximate surface area is 132 Å². The molecule has 0 saturated heterocycles. The van der Waals surface area contributed by atoms with Crippen LogP contribution in [0.1, 0.15) is 48.3 Å². The normalized spacial score (nSPS) is 17.2. The quantitative estimate of drug-likeness (QED) is 0.779. The van der Waals surface area contributed by atoms with Crippen molar-refractivity contribution in [1.29, 1.82) is 0 Å². The highest BCUT2D eigenvalue weighted by atomic mass is 32.2. The van der Waals surface area contributed by atoms with E-state index in [0.717, 1.165) is 29.0 Å². The van der Waals surface area contributed by atoms with E-state index in [0.29, 0.717) is 24.2 Å². The molecule has 0 unspecified atom stereocenters. The molecule has 1 aliphatic rings. The highest BCUT2D eigenvalue weighted by Gasteiger charge is 2.18. The van der Waals surface area contributed by atoms with Crippen LogP contribution in [0.25, 0.3) is 0 Å². The zero-order valence-electron chi connectivity index (χ0n) is 12.9. The second kappa shape index (κ2) is 7.72. The Morgan fingerprint density at radius 3 is 2.62 bits per heavy atom. The van der Waals surface area contributed by atoms with E-state index in [-0.39, 0.29) is 0 Å². The van der Waals surface area contributed by atoms with Crippen molar-refractivity contribution in [3.05, 3.63) is 15.8 Å². The van der Waals surface area contributed by atoms with Crippen LogP contribution in [0.15, 0.2) is 11.0 Å². The Morgan fingerprint density at radius 2 is 2.00 bits per heavy atom. The fourth-order valence-corrected chi connectivity index (χ4v) is 5.34. The summed E-state index contributed by atoms with van der Waals surface area (Å²) in [4.78, 5) is 2.28. The first-order valence-corrected chi connectivity index (χ1v) is 9.97. The van der Waals surface area contributed by atoms with E-state index >= 15 is 0 Å². The monoisotopic (exact) mass is 331 g/mol. The van der Waals surface area contributed by atoms with Crippen LogP contribution in [0.4, 0.5) is 0 Å². The summed E-state index contributed by atoms with van der Waals surface area (Å²) in [5.41, 5.74) is 0. The van der Waals surface area contributed by atoms with Crippen LogP contribution in [-0.2, 0) is 14.8 Å². The van der Waals surface area contributed by atoms with E-state index in [2.05, 4.69) is 4.72 Å². The number of hydrogen-bond donors (Lipinski definition) is 1. The molecule has 1 aromatic heterocycles. The summed E-state index contributed by atoms with van der Waals surface area (Å²) in [5.74, 6) is 0. The standard InChI is InChI=1S/C15H25NO3S2/c1-12-11-15(13(2)20-12)21(17,18)16-9-6-10-19-14-7-4-3-5-8-14/h11,14,16H,3-10H2,1-2H3. The molecule has 1 heterocycles. The first-order chi connectivity index (χ1) is 9.99. The van der Waals surface area contributed by atoms with E-state index < -0.39 is 10.0 Å². The molecule has 4 nitrogen and oxygen atoms in total. The van der Waals surface area contributed by atoms with Gasteiger partial charge < -0.3 is 4.74 Å². The van der Waals surface area contributed by atoms with Gasteiger partial charge in [-0.3, -0.25) is 0 Å². The van der Waals surface area contributed by atoms with Gasteiger partial charge in [0.2, 0.25) is 10.0 Å². The zero-order valence-corrected chi connectivity index (χ0v) is 14.5. The molecule has 0 atom stereocenters. The molecule has 1 aliphatic carbocycles. The molecule has 0 aliphatic heterocycles. The molecule has 21 heavy (non-hydrogen) atoms. The Balaban J connectivity index is 1.71. The number of ether oxygens (including phenoxy) is 1. The smallest absolute Gasteiger partial charge is 0.241 e. The van der Waals surface area contributed by atoms with Gasteiger partial charge in [-0.2, -0.15) is 0 Å². The lowest BCUT2D eigenvalue weighted by Crippen LogP contribution is -2.26. The number of aryl methyl sites for hydroxylation is 2.